The van der Waals surface area contributed by atoms with Crippen LogP contribution >= 0.6 is 11.8 Å². The second-order valence-corrected chi connectivity index (χ2v) is 6.75. The van der Waals surface area contributed by atoms with E-state index in [-0.39, 0.29) is 5.82 Å². The number of rotatable bonds is 6. The molecule has 1 unspecified atom stereocenters. The van der Waals surface area contributed by atoms with E-state index >= 15 is 0 Å². The summed E-state index contributed by atoms with van der Waals surface area (Å²) in [7, 11) is 2.01. The van der Waals surface area contributed by atoms with Crippen LogP contribution in [0.3, 0.4) is 0 Å². The molecule has 1 nitrogen and oxygen atoms in total. The first kappa shape index (κ1) is 14.9. The van der Waals surface area contributed by atoms with E-state index in [4.69, 9.17) is 0 Å². The van der Waals surface area contributed by atoms with E-state index in [0.29, 0.717) is 6.04 Å². The molecule has 1 aliphatic rings. The minimum absolute atomic E-state index is 0.132. The largest absolute Gasteiger partial charge is 0.316 e. The first-order chi connectivity index (χ1) is 9.28. The van der Waals surface area contributed by atoms with Crippen molar-refractivity contribution >= 4 is 11.8 Å². The molecule has 0 spiro atoms. The molecule has 0 aromatic heterocycles. The molecule has 0 bridgehead atoms. The Kier molecular flexibility index (Phi) is 6.18. The smallest absolute Gasteiger partial charge is 0.123 e. The lowest BCUT2D eigenvalue weighted by Crippen LogP contribution is -2.31. The molecule has 0 amide bonds. The third-order valence-corrected chi connectivity index (χ3v) is 5.40. The normalized spacial score (nSPS) is 18.4. The number of thioether (sulfide) groups is 1. The van der Waals surface area contributed by atoms with Crippen molar-refractivity contribution in [1.29, 1.82) is 0 Å². The van der Waals surface area contributed by atoms with Crippen LogP contribution in [0.15, 0.2) is 24.3 Å². The lowest BCUT2D eigenvalue weighted by atomic mass is 10.0. The zero-order valence-electron chi connectivity index (χ0n) is 11.7. The van der Waals surface area contributed by atoms with Gasteiger partial charge in [0.25, 0.3) is 0 Å². The molecule has 2 rings (SSSR count). The van der Waals surface area contributed by atoms with Gasteiger partial charge in [-0.05, 0) is 44.0 Å². The lowest BCUT2D eigenvalue weighted by Gasteiger charge is -2.24. The molecule has 0 heterocycles. The van der Waals surface area contributed by atoms with Crippen LogP contribution in [0.5, 0.6) is 0 Å². The maximum Gasteiger partial charge on any atom is 0.123 e. The molecule has 3 heteroatoms. The molecule has 0 saturated heterocycles. The van der Waals surface area contributed by atoms with Crippen molar-refractivity contribution in [2.45, 2.75) is 49.8 Å². The van der Waals surface area contributed by atoms with Gasteiger partial charge < -0.3 is 5.32 Å². The highest BCUT2D eigenvalue weighted by Gasteiger charge is 2.16. The number of likely N-dealkylation sites (N-methyl/N-ethyl adjacent to an activating group) is 1. The monoisotopic (exact) mass is 281 g/mol. The summed E-state index contributed by atoms with van der Waals surface area (Å²) in [5, 5.41) is 4.21. The summed E-state index contributed by atoms with van der Waals surface area (Å²) in [6.45, 7) is 0. The van der Waals surface area contributed by atoms with Crippen LogP contribution in [0.4, 0.5) is 4.39 Å². The molecule has 106 valence electrons. The van der Waals surface area contributed by atoms with Crippen LogP contribution in [0.1, 0.15) is 37.7 Å². The van der Waals surface area contributed by atoms with Crippen molar-refractivity contribution in [3.8, 4) is 0 Å². The maximum atomic E-state index is 13.2. The third-order valence-electron chi connectivity index (χ3n) is 3.86. The van der Waals surface area contributed by atoms with Crippen LogP contribution in [0, 0.1) is 5.82 Å². The van der Waals surface area contributed by atoms with Gasteiger partial charge in [-0.25, -0.2) is 4.39 Å². The van der Waals surface area contributed by atoms with Gasteiger partial charge in [-0.1, -0.05) is 31.4 Å². The van der Waals surface area contributed by atoms with E-state index in [1.54, 1.807) is 12.1 Å². The van der Waals surface area contributed by atoms with Gasteiger partial charge in [-0.15, -0.1) is 0 Å². The van der Waals surface area contributed by atoms with Crippen molar-refractivity contribution < 1.29 is 4.39 Å². The SMILES string of the molecule is CNC(CSC1CCCCC1)Cc1cccc(F)c1. The fraction of sp³-hybridized carbons (Fsp3) is 0.625. The van der Waals surface area contributed by atoms with Gasteiger partial charge in [-0.2, -0.15) is 11.8 Å². The number of hydrogen-bond donors (Lipinski definition) is 1. The molecule has 1 N–H and O–H groups in total. The van der Waals surface area contributed by atoms with Crippen LogP contribution in [0.25, 0.3) is 0 Å². The van der Waals surface area contributed by atoms with Crippen molar-refractivity contribution in [3.63, 3.8) is 0 Å². The minimum atomic E-state index is -0.132. The quantitative estimate of drug-likeness (QED) is 0.845. The summed E-state index contributed by atoms with van der Waals surface area (Å²) >= 11 is 2.10. The molecule has 1 atom stereocenters. The Labute approximate surface area is 120 Å². The average molecular weight is 281 g/mol. The molecule has 1 aromatic carbocycles. The van der Waals surface area contributed by atoms with Gasteiger partial charge in [0.1, 0.15) is 5.82 Å². The summed E-state index contributed by atoms with van der Waals surface area (Å²) in [6, 6.07) is 7.41. The van der Waals surface area contributed by atoms with Crippen molar-refractivity contribution in [3.05, 3.63) is 35.6 Å². The van der Waals surface area contributed by atoms with Crippen LogP contribution in [-0.4, -0.2) is 24.1 Å². The topological polar surface area (TPSA) is 12.0 Å². The molecule has 1 fully saturated rings. The van der Waals surface area contributed by atoms with Gasteiger partial charge in [0.15, 0.2) is 0 Å². The predicted octanol–water partition coefficient (Wildman–Crippen LogP) is 4.02. The molecular formula is C16H24FNS. The van der Waals surface area contributed by atoms with Crippen molar-refractivity contribution in [2.24, 2.45) is 0 Å². The second-order valence-electron chi connectivity index (χ2n) is 5.41. The zero-order valence-corrected chi connectivity index (χ0v) is 12.5. The zero-order chi connectivity index (χ0) is 13.5. The van der Waals surface area contributed by atoms with Gasteiger partial charge in [0, 0.05) is 17.0 Å². The van der Waals surface area contributed by atoms with Crippen LogP contribution in [0.2, 0.25) is 0 Å². The minimum Gasteiger partial charge on any atom is -0.316 e. The summed E-state index contributed by atoms with van der Waals surface area (Å²) in [5.74, 6) is 0.991. The average Bonchev–Trinajstić information content (AvgIpc) is 2.44. The summed E-state index contributed by atoms with van der Waals surface area (Å²) in [5.41, 5.74) is 1.09. The van der Waals surface area contributed by atoms with E-state index in [9.17, 15) is 4.39 Å². The Bertz CT molecular complexity index is 377. The van der Waals surface area contributed by atoms with Crippen molar-refractivity contribution in [2.75, 3.05) is 12.8 Å². The standard InChI is InChI=1S/C16H24FNS/c1-18-15(11-13-6-5-7-14(17)10-13)12-19-16-8-3-2-4-9-16/h5-7,10,15-16,18H,2-4,8-9,11-12H2,1H3. The highest BCUT2D eigenvalue weighted by Crippen LogP contribution is 2.28. The Hall–Kier alpha value is -0.540. The van der Waals surface area contributed by atoms with Gasteiger partial charge in [0.2, 0.25) is 0 Å². The highest BCUT2D eigenvalue weighted by molar-refractivity contribution is 7.99. The summed E-state index contributed by atoms with van der Waals surface area (Å²) in [4.78, 5) is 0. The number of benzene rings is 1. The lowest BCUT2D eigenvalue weighted by molar-refractivity contribution is 0.514. The molecule has 1 aliphatic carbocycles. The van der Waals surface area contributed by atoms with Gasteiger partial charge in [-0.3, -0.25) is 0 Å². The number of hydrogen-bond acceptors (Lipinski definition) is 2. The highest BCUT2D eigenvalue weighted by atomic mass is 32.2. The van der Waals surface area contributed by atoms with E-state index in [1.807, 2.05) is 13.1 Å². The Morgan fingerprint density at radius 2 is 2.11 bits per heavy atom. The number of halogens is 1. The van der Waals surface area contributed by atoms with E-state index in [2.05, 4.69) is 17.1 Å². The van der Waals surface area contributed by atoms with Crippen LogP contribution in [-0.2, 0) is 6.42 Å². The Balaban J connectivity index is 1.79. The van der Waals surface area contributed by atoms with Crippen LogP contribution < -0.4 is 5.32 Å². The predicted molar refractivity (Wildman–Crippen MR) is 82.3 cm³/mol. The maximum absolute atomic E-state index is 13.2. The fourth-order valence-electron chi connectivity index (χ4n) is 2.68. The first-order valence-corrected chi connectivity index (χ1v) is 8.36. The van der Waals surface area contributed by atoms with E-state index in [0.717, 1.165) is 23.0 Å². The Morgan fingerprint density at radius 1 is 1.32 bits per heavy atom. The fourth-order valence-corrected chi connectivity index (χ4v) is 4.13. The molecule has 1 saturated carbocycles. The summed E-state index contributed by atoms with van der Waals surface area (Å²) < 4.78 is 13.2. The molecule has 0 aliphatic heterocycles. The van der Waals surface area contributed by atoms with Gasteiger partial charge in [0.05, 0.1) is 0 Å². The van der Waals surface area contributed by atoms with Crippen molar-refractivity contribution in [1.82, 2.24) is 5.32 Å². The molecule has 1 aromatic rings. The molecule has 0 radical (unpaired) electrons. The number of nitrogens with one attached hydrogen (secondary N) is 1. The first-order valence-electron chi connectivity index (χ1n) is 7.31. The van der Waals surface area contributed by atoms with E-state index in [1.165, 1.54) is 38.2 Å². The Morgan fingerprint density at radius 3 is 2.79 bits per heavy atom. The second kappa shape index (κ2) is 7.91. The molecular weight excluding hydrogens is 257 g/mol. The van der Waals surface area contributed by atoms with E-state index < -0.39 is 0 Å². The molecule has 19 heavy (non-hydrogen) atoms. The third kappa shape index (κ3) is 5.15. The summed E-state index contributed by atoms with van der Waals surface area (Å²) in [6.07, 6.45) is 7.86. The van der Waals surface area contributed by atoms with Gasteiger partial charge >= 0.3 is 0 Å².